The highest BCUT2D eigenvalue weighted by Crippen LogP contribution is 2.28. The van der Waals surface area contributed by atoms with Gasteiger partial charge in [-0.3, -0.25) is 0 Å². The maximum Gasteiger partial charge on any atom is 0.0478 e. The van der Waals surface area contributed by atoms with Gasteiger partial charge in [0, 0.05) is 20.5 Å². The molecule has 1 heterocycles. The summed E-state index contributed by atoms with van der Waals surface area (Å²) in [6.45, 7) is 2.33. The van der Waals surface area contributed by atoms with Gasteiger partial charge in [-0.05, 0) is 53.3 Å². The van der Waals surface area contributed by atoms with Crippen molar-refractivity contribution in [3.63, 3.8) is 0 Å². The molecule has 15 heavy (non-hydrogen) atoms. The molecular formula is C12H16INS. The number of rotatable bonds is 2. The van der Waals surface area contributed by atoms with Crippen LogP contribution in [0.3, 0.4) is 0 Å². The fourth-order valence-corrected chi connectivity index (χ4v) is 3.58. The van der Waals surface area contributed by atoms with Gasteiger partial charge in [0.1, 0.15) is 0 Å². The van der Waals surface area contributed by atoms with E-state index in [4.69, 9.17) is 0 Å². The zero-order chi connectivity index (χ0) is 10.7. The van der Waals surface area contributed by atoms with Gasteiger partial charge in [-0.2, -0.15) is 11.8 Å². The Kier molecular flexibility index (Phi) is 4.20. The van der Waals surface area contributed by atoms with Gasteiger partial charge in [-0.15, -0.1) is 0 Å². The molecule has 2 atom stereocenters. The molecule has 82 valence electrons. The molecule has 1 aliphatic rings. The van der Waals surface area contributed by atoms with Crippen molar-refractivity contribution in [3.8, 4) is 0 Å². The van der Waals surface area contributed by atoms with Gasteiger partial charge in [0.25, 0.3) is 0 Å². The van der Waals surface area contributed by atoms with Gasteiger partial charge in [0.2, 0.25) is 0 Å². The second-order valence-corrected chi connectivity index (χ2v) is 6.60. The average Bonchev–Trinajstić information content (AvgIpc) is 2.24. The monoisotopic (exact) mass is 333 g/mol. The third-order valence-electron chi connectivity index (χ3n) is 2.82. The molecular weight excluding hydrogens is 317 g/mol. The van der Waals surface area contributed by atoms with Crippen molar-refractivity contribution in [1.82, 2.24) is 0 Å². The Morgan fingerprint density at radius 1 is 1.40 bits per heavy atom. The van der Waals surface area contributed by atoms with Crippen LogP contribution in [-0.4, -0.2) is 17.0 Å². The third kappa shape index (κ3) is 3.03. The number of thioether (sulfide) groups is 1. The molecule has 1 fully saturated rings. The molecule has 0 aliphatic carbocycles. The number of hydrogen-bond donors (Lipinski definition) is 1. The Hall–Kier alpha value is 0.100. The molecule has 2 rings (SSSR count). The van der Waals surface area contributed by atoms with E-state index >= 15 is 0 Å². The summed E-state index contributed by atoms with van der Waals surface area (Å²) >= 11 is 4.48. The number of nitrogens with one attached hydrogen (secondary N) is 1. The van der Waals surface area contributed by atoms with Crippen LogP contribution in [0.1, 0.15) is 19.8 Å². The van der Waals surface area contributed by atoms with Crippen molar-refractivity contribution in [2.24, 2.45) is 0 Å². The van der Waals surface area contributed by atoms with E-state index in [1.807, 2.05) is 0 Å². The van der Waals surface area contributed by atoms with E-state index in [0.717, 1.165) is 5.25 Å². The van der Waals surface area contributed by atoms with Crippen LogP contribution in [0.5, 0.6) is 0 Å². The molecule has 3 heteroatoms. The van der Waals surface area contributed by atoms with E-state index < -0.39 is 0 Å². The SMILES string of the molecule is CC1SCCCC1Nc1ccccc1I. The van der Waals surface area contributed by atoms with E-state index in [1.165, 1.54) is 27.9 Å². The van der Waals surface area contributed by atoms with E-state index in [2.05, 4.69) is 70.9 Å². The normalized spacial score (nSPS) is 26.3. The number of halogens is 1. The highest BCUT2D eigenvalue weighted by molar-refractivity contribution is 14.1. The van der Waals surface area contributed by atoms with E-state index in [0.29, 0.717) is 6.04 Å². The summed E-state index contributed by atoms with van der Waals surface area (Å²) < 4.78 is 1.32. The van der Waals surface area contributed by atoms with Crippen molar-refractivity contribution >= 4 is 40.0 Å². The minimum atomic E-state index is 0.639. The summed E-state index contributed by atoms with van der Waals surface area (Å²) in [7, 11) is 0. The van der Waals surface area contributed by atoms with Crippen molar-refractivity contribution in [2.75, 3.05) is 11.1 Å². The predicted octanol–water partition coefficient (Wildman–Crippen LogP) is 3.99. The molecule has 0 amide bonds. The van der Waals surface area contributed by atoms with Crippen LogP contribution in [0.25, 0.3) is 0 Å². The summed E-state index contributed by atoms with van der Waals surface area (Å²) in [5, 5.41) is 4.40. The second-order valence-electron chi connectivity index (χ2n) is 3.95. The lowest BCUT2D eigenvalue weighted by Crippen LogP contribution is -2.32. The summed E-state index contributed by atoms with van der Waals surface area (Å²) in [4.78, 5) is 0. The van der Waals surface area contributed by atoms with Crippen LogP contribution in [-0.2, 0) is 0 Å². The Balaban J connectivity index is 2.04. The number of para-hydroxylation sites is 1. The molecule has 0 aromatic heterocycles. The van der Waals surface area contributed by atoms with Gasteiger partial charge >= 0.3 is 0 Å². The molecule has 0 radical (unpaired) electrons. The van der Waals surface area contributed by atoms with E-state index in [9.17, 15) is 0 Å². The number of benzene rings is 1. The summed E-state index contributed by atoms with van der Waals surface area (Å²) in [5.41, 5.74) is 1.29. The fraction of sp³-hybridized carbons (Fsp3) is 0.500. The van der Waals surface area contributed by atoms with Crippen LogP contribution < -0.4 is 5.32 Å². The average molecular weight is 333 g/mol. The zero-order valence-electron chi connectivity index (χ0n) is 8.87. The molecule has 1 aromatic rings. The molecule has 2 unspecified atom stereocenters. The maximum absolute atomic E-state index is 3.67. The maximum atomic E-state index is 3.67. The van der Waals surface area contributed by atoms with Crippen molar-refractivity contribution < 1.29 is 0 Å². The Labute approximate surface area is 110 Å². The standard InChI is InChI=1S/C12H16INS/c1-9-11(7-4-8-15-9)14-12-6-3-2-5-10(12)13/h2-3,5-6,9,11,14H,4,7-8H2,1H3. The second kappa shape index (κ2) is 5.43. The van der Waals surface area contributed by atoms with Gasteiger partial charge in [-0.1, -0.05) is 19.1 Å². The van der Waals surface area contributed by atoms with Crippen LogP contribution in [0.15, 0.2) is 24.3 Å². The van der Waals surface area contributed by atoms with Crippen LogP contribution >= 0.6 is 34.4 Å². The van der Waals surface area contributed by atoms with Gasteiger partial charge in [0.15, 0.2) is 0 Å². The topological polar surface area (TPSA) is 12.0 Å². The lowest BCUT2D eigenvalue weighted by atomic mass is 10.1. The first-order chi connectivity index (χ1) is 7.27. The summed E-state index contributed by atoms with van der Waals surface area (Å²) in [5.74, 6) is 1.32. The van der Waals surface area contributed by atoms with E-state index in [-0.39, 0.29) is 0 Å². The molecule has 0 bridgehead atoms. The van der Waals surface area contributed by atoms with Crippen molar-refractivity contribution in [3.05, 3.63) is 27.8 Å². The molecule has 1 aromatic carbocycles. The first-order valence-corrected chi connectivity index (χ1v) is 7.53. The van der Waals surface area contributed by atoms with Crippen LogP contribution in [0.2, 0.25) is 0 Å². The van der Waals surface area contributed by atoms with Gasteiger partial charge < -0.3 is 5.32 Å². The lowest BCUT2D eigenvalue weighted by Gasteiger charge is -2.30. The molecule has 1 saturated heterocycles. The highest BCUT2D eigenvalue weighted by Gasteiger charge is 2.21. The largest absolute Gasteiger partial charge is 0.380 e. The Morgan fingerprint density at radius 2 is 2.20 bits per heavy atom. The Bertz CT molecular complexity index is 329. The first-order valence-electron chi connectivity index (χ1n) is 5.40. The van der Waals surface area contributed by atoms with Crippen LogP contribution in [0, 0.1) is 3.57 Å². The summed E-state index contributed by atoms with van der Waals surface area (Å²) in [6, 6.07) is 9.16. The minimum Gasteiger partial charge on any atom is -0.380 e. The molecule has 1 nitrogen and oxygen atoms in total. The third-order valence-corrected chi connectivity index (χ3v) is 5.14. The lowest BCUT2D eigenvalue weighted by molar-refractivity contribution is 0.617. The molecule has 0 spiro atoms. The Morgan fingerprint density at radius 3 is 2.93 bits per heavy atom. The van der Waals surface area contributed by atoms with Crippen molar-refractivity contribution in [2.45, 2.75) is 31.1 Å². The van der Waals surface area contributed by atoms with Crippen molar-refractivity contribution in [1.29, 1.82) is 0 Å². The number of hydrogen-bond acceptors (Lipinski definition) is 2. The molecule has 0 saturated carbocycles. The van der Waals surface area contributed by atoms with E-state index in [1.54, 1.807) is 0 Å². The minimum absolute atomic E-state index is 0.639. The van der Waals surface area contributed by atoms with Crippen LogP contribution in [0.4, 0.5) is 5.69 Å². The number of anilines is 1. The predicted molar refractivity (Wildman–Crippen MR) is 77.7 cm³/mol. The fourth-order valence-electron chi connectivity index (χ4n) is 1.89. The molecule has 1 N–H and O–H groups in total. The highest BCUT2D eigenvalue weighted by atomic mass is 127. The van der Waals surface area contributed by atoms with Gasteiger partial charge in [0.05, 0.1) is 0 Å². The molecule has 1 aliphatic heterocycles. The quantitative estimate of drug-likeness (QED) is 0.822. The zero-order valence-corrected chi connectivity index (χ0v) is 11.8. The summed E-state index contributed by atoms with van der Waals surface area (Å²) in [6.07, 6.45) is 2.65. The smallest absolute Gasteiger partial charge is 0.0478 e. The first kappa shape index (κ1) is 11.6. The van der Waals surface area contributed by atoms with Gasteiger partial charge in [-0.25, -0.2) is 0 Å².